The number of thioether (sulfide) groups is 1. The van der Waals surface area contributed by atoms with Crippen molar-refractivity contribution < 1.29 is 13.9 Å². The molecular weight excluding hydrogens is 471 g/mol. The standard InChI is InChI=1S/C25H19FN4O2S2/c1-32-19-10-11-20-21(12-19)30-25(29-20)34-14-23(31)27-18-8-4-15(5-9-18)22-13-33-24(28-22)16-2-6-17(26)7-3-16/h2-13H,14H2,1H3,(H,27,31)(H,29,30). The van der Waals surface area contributed by atoms with Crippen LogP contribution in [-0.2, 0) is 4.79 Å². The average Bonchev–Trinajstić information content (AvgIpc) is 3.50. The highest BCUT2D eigenvalue weighted by atomic mass is 32.2. The predicted octanol–water partition coefficient (Wildman–Crippen LogP) is 6.23. The molecule has 0 aliphatic heterocycles. The van der Waals surface area contributed by atoms with Gasteiger partial charge in [0.15, 0.2) is 5.16 Å². The highest BCUT2D eigenvalue weighted by molar-refractivity contribution is 7.99. The molecule has 2 aromatic heterocycles. The Kier molecular flexibility index (Phi) is 6.29. The lowest BCUT2D eigenvalue weighted by atomic mass is 10.1. The number of thiazole rings is 1. The highest BCUT2D eigenvalue weighted by Gasteiger charge is 2.10. The van der Waals surface area contributed by atoms with E-state index in [2.05, 4.69) is 20.3 Å². The molecular formula is C25H19FN4O2S2. The van der Waals surface area contributed by atoms with Crippen LogP contribution in [0.25, 0.3) is 32.9 Å². The molecule has 34 heavy (non-hydrogen) atoms. The van der Waals surface area contributed by atoms with Crippen LogP contribution < -0.4 is 10.1 Å². The van der Waals surface area contributed by atoms with Crippen LogP contribution in [0.1, 0.15) is 0 Å². The van der Waals surface area contributed by atoms with E-state index in [-0.39, 0.29) is 17.5 Å². The van der Waals surface area contributed by atoms with Gasteiger partial charge in [0.05, 0.1) is 29.6 Å². The number of aromatic amines is 1. The third-order valence-corrected chi connectivity index (χ3v) is 6.83. The second-order valence-corrected chi connectivity index (χ2v) is 9.21. The molecule has 170 valence electrons. The number of carbonyl (C=O) groups excluding carboxylic acids is 1. The number of halogens is 1. The molecule has 0 atom stereocenters. The van der Waals surface area contributed by atoms with Crippen LogP contribution in [0.15, 0.2) is 77.3 Å². The molecule has 2 N–H and O–H groups in total. The van der Waals surface area contributed by atoms with Crippen molar-refractivity contribution in [2.24, 2.45) is 0 Å². The lowest BCUT2D eigenvalue weighted by Gasteiger charge is -2.05. The van der Waals surface area contributed by atoms with Crippen molar-refractivity contribution in [3.05, 3.63) is 77.9 Å². The number of hydrogen-bond acceptors (Lipinski definition) is 6. The second-order valence-electron chi connectivity index (χ2n) is 7.38. The minimum Gasteiger partial charge on any atom is -0.497 e. The van der Waals surface area contributed by atoms with E-state index in [0.717, 1.165) is 38.6 Å². The third-order valence-electron chi connectivity index (χ3n) is 5.07. The summed E-state index contributed by atoms with van der Waals surface area (Å²) >= 11 is 2.84. The van der Waals surface area contributed by atoms with Crippen LogP contribution in [0.4, 0.5) is 10.1 Å². The number of benzene rings is 3. The normalized spacial score (nSPS) is 11.0. The molecule has 5 aromatic rings. The van der Waals surface area contributed by atoms with E-state index in [4.69, 9.17) is 4.74 Å². The van der Waals surface area contributed by atoms with Gasteiger partial charge in [-0.15, -0.1) is 11.3 Å². The van der Waals surface area contributed by atoms with Crippen molar-refractivity contribution in [2.45, 2.75) is 5.16 Å². The monoisotopic (exact) mass is 490 g/mol. The number of anilines is 1. The first-order valence-corrected chi connectivity index (χ1v) is 12.2. The molecule has 1 amide bonds. The van der Waals surface area contributed by atoms with Gasteiger partial charge in [0, 0.05) is 28.3 Å². The minimum atomic E-state index is -0.269. The van der Waals surface area contributed by atoms with E-state index in [1.807, 2.05) is 47.8 Å². The van der Waals surface area contributed by atoms with E-state index in [9.17, 15) is 9.18 Å². The van der Waals surface area contributed by atoms with Crippen LogP contribution in [-0.4, -0.2) is 33.7 Å². The zero-order valence-electron chi connectivity index (χ0n) is 18.0. The highest BCUT2D eigenvalue weighted by Crippen LogP contribution is 2.30. The van der Waals surface area contributed by atoms with Crippen LogP contribution in [0.2, 0.25) is 0 Å². The van der Waals surface area contributed by atoms with E-state index in [1.165, 1.54) is 35.2 Å². The fourth-order valence-corrected chi connectivity index (χ4v) is 4.87. The number of amides is 1. The SMILES string of the molecule is COc1ccc2nc(SCC(=O)Nc3ccc(-c4csc(-c5ccc(F)cc5)n4)cc3)[nH]c2c1. The average molecular weight is 491 g/mol. The van der Waals surface area contributed by atoms with Crippen molar-refractivity contribution in [1.29, 1.82) is 0 Å². The summed E-state index contributed by atoms with van der Waals surface area (Å²) in [6, 6.07) is 19.4. The molecule has 0 saturated heterocycles. The summed E-state index contributed by atoms with van der Waals surface area (Å²) in [4.78, 5) is 24.7. The van der Waals surface area contributed by atoms with Gasteiger partial charge >= 0.3 is 0 Å². The van der Waals surface area contributed by atoms with Gasteiger partial charge in [-0.3, -0.25) is 4.79 Å². The van der Waals surface area contributed by atoms with E-state index < -0.39 is 0 Å². The predicted molar refractivity (Wildman–Crippen MR) is 135 cm³/mol. The maximum atomic E-state index is 13.1. The number of hydrogen-bond donors (Lipinski definition) is 2. The number of ether oxygens (including phenoxy) is 1. The molecule has 5 rings (SSSR count). The summed E-state index contributed by atoms with van der Waals surface area (Å²) in [5, 5.41) is 6.37. The third kappa shape index (κ3) is 4.95. The lowest BCUT2D eigenvalue weighted by molar-refractivity contribution is -0.113. The fraction of sp³-hybridized carbons (Fsp3) is 0.0800. The van der Waals surface area contributed by atoms with Gasteiger partial charge in [0.1, 0.15) is 16.6 Å². The maximum Gasteiger partial charge on any atom is 0.234 e. The van der Waals surface area contributed by atoms with Crippen molar-refractivity contribution in [3.63, 3.8) is 0 Å². The molecule has 0 bridgehead atoms. The number of nitrogens with one attached hydrogen (secondary N) is 2. The molecule has 2 heterocycles. The molecule has 0 radical (unpaired) electrons. The molecule has 0 aliphatic rings. The number of imidazole rings is 1. The smallest absolute Gasteiger partial charge is 0.234 e. The topological polar surface area (TPSA) is 79.9 Å². The molecule has 0 spiro atoms. The molecule has 0 fully saturated rings. The number of nitrogens with zero attached hydrogens (tertiary/aromatic N) is 2. The van der Waals surface area contributed by atoms with Crippen molar-refractivity contribution in [2.75, 3.05) is 18.2 Å². The molecule has 9 heteroatoms. The minimum absolute atomic E-state index is 0.122. The van der Waals surface area contributed by atoms with E-state index >= 15 is 0 Å². The van der Waals surface area contributed by atoms with Crippen molar-refractivity contribution >= 4 is 45.7 Å². The summed E-state index contributed by atoms with van der Waals surface area (Å²) in [5.41, 5.74) is 5.04. The maximum absolute atomic E-state index is 13.1. The number of carbonyl (C=O) groups is 1. The van der Waals surface area contributed by atoms with Gasteiger partial charge < -0.3 is 15.0 Å². The van der Waals surface area contributed by atoms with Gasteiger partial charge in [0.2, 0.25) is 5.91 Å². The molecule has 0 aliphatic carbocycles. The zero-order chi connectivity index (χ0) is 23.5. The number of H-pyrrole nitrogens is 1. The van der Waals surface area contributed by atoms with Crippen molar-refractivity contribution in [1.82, 2.24) is 15.0 Å². The zero-order valence-corrected chi connectivity index (χ0v) is 19.7. The van der Waals surface area contributed by atoms with Crippen LogP contribution in [0.3, 0.4) is 0 Å². The quantitative estimate of drug-likeness (QED) is 0.264. The van der Waals surface area contributed by atoms with Crippen molar-refractivity contribution in [3.8, 4) is 27.6 Å². The Balaban J connectivity index is 1.19. The number of fused-ring (bicyclic) bond motifs is 1. The first-order chi connectivity index (χ1) is 16.6. The van der Waals surface area contributed by atoms with Crippen LogP contribution in [0.5, 0.6) is 5.75 Å². The summed E-state index contributed by atoms with van der Waals surface area (Å²) in [5.74, 6) is 0.585. The van der Waals surface area contributed by atoms with Gasteiger partial charge in [-0.25, -0.2) is 14.4 Å². The first-order valence-electron chi connectivity index (χ1n) is 10.4. The summed E-state index contributed by atoms with van der Waals surface area (Å²) in [6.07, 6.45) is 0. The second kappa shape index (κ2) is 9.66. The summed E-state index contributed by atoms with van der Waals surface area (Å²) in [7, 11) is 1.62. The lowest BCUT2D eigenvalue weighted by Crippen LogP contribution is -2.14. The first kappa shape index (κ1) is 22.1. The molecule has 6 nitrogen and oxygen atoms in total. The Morgan fingerprint density at radius 3 is 2.59 bits per heavy atom. The Morgan fingerprint density at radius 1 is 1.06 bits per heavy atom. The van der Waals surface area contributed by atoms with E-state index in [0.29, 0.717) is 10.8 Å². The largest absolute Gasteiger partial charge is 0.497 e. The molecule has 0 saturated carbocycles. The molecule has 3 aromatic carbocycles. The summed E-state index contributed by atoms with van der Waals surface area (Å²) < 4.78 is 18.4. The van der Waals surface area contributed by atoms with Crippen LogP contribution >= 0.6 is 23.1 Å². The Hall–Kier alpha value is -3.69. The van der Waals surface area contributed by atoms with Gasteiger partial charge in [-0.05, 0) is 48.5 Å². The Labute approximate surface area is 203 Å². The number of rotatable bonds is 7. The van der Waals surface area contributed by atoms with Crippen LogP contribution in [0, 0.1) is 5.82 Å². The Morgan fingerprint density at radius 2 is 1.82 bits per heavy atom. The van der Waals surface area contributed by atoms with E-state index in [1.54, 1.807) is 19.2 Å². The van der Waals surface area contributed by atoms with Gasteiger partial charge in [-0.1, -0.05) is 23.9 Å². The molecule has 0 unspecified atom stereocenters. The number of aromatic nitrogens is 3. The number of methoxy groups -OCH3 is 1. The summed E-state index contributed by atoms with van der Waals surface area (Å²) in [6.45, 7) is 0. The van der Waals surface area contributed by atoms with Gasteiger partial charge in [-0.2, -0.15) is 0 Å². The van der Waals surface area contributed by atoms with Gasteiger partial charge in [0.25, 0.3) is 0 Å². The Bertz CT molecular complexity index is 1450. The fourth-order valence-electron chi connectivity index (χ4n) is 3.35.